The first-order valence-electron chi connectivity index (χ1n) is 4.74. The second-order valence-corrected chi connectivity index (χ2v) is 2.91. The van der Waals surface area contributed by atoms with Crippen molar-refractivity contribution in [2.45, 2.75) is 33.3 Å². The molecule has 0 rings (SSSR count). The molecule has 0 aliphatic rings. The largest absolute Gasteiger partial charge is 0.382 e. The number of ether oxygens (including phenoxy) is 2. The lowest BCUT2D eigenvalue weighted by Gasteiger charge is -2.19. The zero-order valence-electron chi connectivity index (χ0n) is 8.51. The van der Waals surface area contributed by atoms with Crippen molar-refractivity contribution in [1.82, 2.24) is 0 Å². The average Bonchev–Trinajstić information content (AvgIpc) is 2.05. The van der Waals surface area contributed by atoms with Crippen molar-refractivity contribution in [3.8, 4) is 0 Å². The lowest BCUT2D eigenvalue weighted by Crippen LogP contribution is -2.19. The highest BCUT2D eigenvalue weighted by Crippen LogP contribution is 2.10. The van der Waals surface area contributed by atoms with Crippen LogP contribution in [0.3, 0.4) is 0 Å². The minimum atomic E-state index is 0.246. The van der Waals surface area contributed by atoms with Crippen molar-refractivity contribution in [2.75, 3.05) is 19.8 Å². The van der Waals surface area contributed by atoms with Gasteiger partial charge >= 0.3 is 0 Å². The molecule has 0 saturated carbocycles. The van der Waals surface area contributed by atoms with Crippen LogP contribution >= 0.6 is 0 Å². The molecule has 0 aromatic heterocycles. The van der Waals surface area contributed by atoms with Crippen molar-refractivity contribution < 1.29 is 9.47 Å². The highest BCUT2D eigenvalue weighted by atomic mass is 16.5. The highest BCUT2D eigenvalue weighted by molar-refractivity contribution is 4.67. The van der Waals surface area contributed by atoms with Crippen molar-refractivity contribution >= 4 is 0 Å². The van der Waals surface area contributed by atoms with Gasteiger partial charge in [-0.3, -0.25) is 0 Å². The van der Waals surface area contributed by atoms with Gasteiger partial charge in [-0.2, -0.15) is 0 Å². The van der Waals surface area contributed by atoms with Crippen molar-refractivity contribution in [3.63, 3.8) is 0 Å². The Morgan fingerprint density at radius 2 is 1.92 bits per heavy atom. The third-order valence-corrected chi connectivity index (χ3v) is 1.93. The third kappa shape index (κ3) is 5.56. The molecule has 2 atom stereocenters. The monoisotopic (exact) mass is 173 g/mol. The Morgan fingerprint density at radius 3 is 2.42 bits per heavy atom. The van der Waals surface area contributed by atoms with E-state index >= 15 is 0 Å². The second-order valence-electron chi connectivity index (χ2n) is 2.91. The van der Waals surface area contributed by atoms with Gasteiger partial charge in [0.1, 0.15) is 0 Å². The normalized spacial score (nSPS) is 16.0. The predicted octanol–water partition coefficient (Wildman–Crippen LogP) is 2.29. The molecule has 73 valence electrons. The third-order valence-electron chi connectivity index (χ3n) is 1.93. The summed E-state index contributed by atoms with van der Waals surface area (Å²) < 4.78 is 10.7. The molecule has 0 aliphatic heterocycles. The first kappa shape index (κ1) is 11.9. The molecule has 2 heteroatoms. The summed E-state index contributed by atoms with van der Waals surface area (Å²) in [6.45, 7) is 12.4. The molecule has 0 spiro atoms. The Bertz CT molecular complexity index is 93.8. The molecule has 0 amide bonds. The van der Waals surface area contributed by atoms with Crippen LogP contribution in [0.1, 0.15) is 27.2 Å². The summed E-state index contributed by atoms with van der Waals surface area (Å²) in [7, 11) is 0. The van der Waals surface area contributed by atoms with Crippen LogP contribution in [0.25, 0.3) is 0 Å². The lowest BCUT2D eigenvalue weighted by atomic mass is 10.0. The molecule has 0 aromatic carbocycles. The molecule has 0 N–H and O–H groups in total. The molecule has 0 heterocycles. The zero-order valence-corrected chi connectivity index (χ0v) is 8.51. The fourth-order valence-corrected chi connectivity index (χ4v) is 1.01. The van der Waals surface area contributed by atoms with Gasteiger partial charge in [0.05, 0.1) is 6.10 Å². The molecule has 2 nitrogen and oxygen atoms in total. The van der Waals surface area contributed by atoms with Gasteiger partial charge < -0.3 is 9.47 Å². The average molecular weight is 173 g/mol. The van der Waals surface area contributed by atoms with Gasteiger partial charge in [0.25, 0.3) is 0 Å². The second kappa shape index (κ2) is 7.56. The highest BCUT2D eigenvalue weighted by Gasteiger charge is 2.11. The van der Waals surface area contributed by atoms with E-state index in [1.807, 2.05) is 13.8 Å². The molecule has 0 saturated heterocycles. The van der Waals surface area contributed by atoms with E-state index in [0.717, 1.165) is 26.2 Å². The number of hydrogen-bond donors (Lipinski definition) is 0. The SMILES string of the molecule is [CH2]C(CCOCC)C(C)OCC. The van der Waals surface area contributed by atoms with Crippen LogP contribution in [0, 0.1) is 12.8 Å². The Balaban J connectivity index is 3.35. The minimum Gasteiger partial charge on any atom is -0.382 e. The van der Waals surface area contributed by atoms with Gasteiger partial charge in [-0.05, 0) is 40.0 Å². The summed E-state index contributed by atoms with van der Waals surface area (Å²) in [4.78, 5) is 0. The van der Waals surface area contributed by atoms with E-state index in [4.69, 9.17) is 9.47 Å². The summed E-state index contributed by atoms with van der Waals surface area (Å²) in [5.74, 6) is 0.344. The maximum Gasteiger partial charge on any atom is 0.0575 e. The van der Waals surface area contributed by atoms with Crippen LogP contribution in [0.15, 0.2) is 0 Å². The fraction of sp³-hybridized carbons (Fsp3) is 0.900. The predicted molar refractivity (Wildman–Crippen MR) is 51.0 cm³/mol. The van der Waals surface area contributed by atoms with E-state index < -0.39 is 0 Å². The van der Waals surface area contributed by atoms with Crippen molar-refractivity contribution in [1.29, 1.82) is 0 Å². The summed E-state index contributed by atoms with van der Waals surface area (Å²) in [5.41, 5.74) is 0. The van der Waals surface area contributed by atoms with E-state index in [0.29, 0.717) is 5.92 Å². The molecule has 1 radical (unpaired) electrons. The molecule has 12 heavy (non-hydrogen) atoms. The van der Waals surface area contributed by atoms with Crippen LogP contribution in [0.4, 0.5) is 0 Å². The smallest absolute Gasteiger partial charge is 0.0575 e. The fourth-order valence-electron chi connectivity index (χ4n) is 1.01. The van der Waals surface area contributed by atoms with E-state index in [1.54, 1.807) is 0 Å². The Hall–Kier alpha value is -0.0800. The van der Waals surface area contributed by atoms with Crippen LogP contribution < -0.4 is 0 Å². The summed E-state index contributed by atoms with van der Waals surface area (Å²) >= 11 is 0. The zero-order chi connectivity index (χ0) is 9.40. The lowest BCUT2D eigenvalue weighted by molar-refractivity contribution is 0.0322. The van der Waals surface area contributed by atoms with Gasteiger partial charge in [-0.25, -0.2) is 0 Å². The van der Waals surface area contributed by atoms with Gasteiger partial charge in [-0.15, -0.1) is 0 Å². The Kier molecular flexibility index (Phi) is 7.51. The maximum absolute atomic E-state index is 5.42. The van der Waals surface area contributed by atoms with E-state index in [1.165, 1.54) is 0 Å². The molecule has 0 aliphatic carbocycles. The molecule has 0 fully saturated rings. The quantitative estimate of drug-likeness (QED) is 0.550. The van der Waals surface area contributed by atoms with E-state index in [2.05, 4.69) is 13.8 Å². The summed E-state index contributed by atoms with van der Waals surface area (Å²) in [6.07, 6.45) is 1.23. The van der Waals surface area contributed by atoms with E-state index in [-0.39, 0.29) is 6.10 Å². The Labute approximate surface area is 76.3 Å². The Morgan fingerprint density at radius 1 is 1.25 bits per heavy atom. The molecule has 2 unspecified atom stereocenters. The van der Waals surface area contributed by atoms with Crippen LogP contribution in [-0.2, 0) is 9.47 Å². The molecule has 0 aromatic rings. The van der Waals surface area contributed by atoms with Crippen LogP contribution in [0.2, 0.25) is 0 Å². The van der Waals surface area contributed by atoms with Crippen LogP contribution in [-0.4, -0.2) is 25.9 Å². The first-order chi connectivity index (χ1) is 5.72. The minimum absolute atomic E-state index is 0.246. The maximum atomic E-state index is 5.42. The number of rotatable bonds is 7. The standard InChI is InChI=1S/C10H21O2/c1-5-11-8-7-9(3)10(4)12-6-2/h9-10H,3,5-8H2,1-2,4H3. The van der Waals surface area contributed by atoms with Gasteiger partial charge in [0, 0.05) is 19.8 Å². The van der Waals surface area contributed by atoms with Gasteiger partial charge in [0.2, 0.25) is 0 Å². The first-order valence-corrected chi connectivity index (χ1v) is 4.74. The topological polar surface area (TPSA) is 18.5 Å². The van der Waals surface area contributed by atoms with E-state index in [9.17, 15) is 0 Å². The molecule has 0 bridgehead atoms. The van der Waals surface area contributed by atoms with Gasteiger partial charge in [-0.1, -0.05) is 0 Å². The van der Waals surface area contributed by atoms with Crippen LogP contribution in [0.5, 0.6) is 0 Å². The van der Waals surface area contributed by atoms with Crippen molar-refractivity contribution in [3.05, 3.63) is 6.92 Å². The van der Waals surface area contributed by atoms with Crippen molar-refractivity contribution in [2.24, 2.45) is 5.92 Å². The van der Waals surface area contributed by atoms with Gasteiger partial charge in [0.15, 0.2) is 0 Å². The molecular weight excluding hydrogens is 152 g/mol. The summed E-state index contributed by atoms with van der Waals surface area (Å²) in [6, 6.07) is 0. The summed E-state index contributed by atoms with van der Waals surface area (Å²) in [5, 5.41) is 0. The molecular formula is C10H21O2. The number of hydrogen-bond acceptors (Lipinski definition) is 2.